The first-order valence-electron chi connectivity index (χ1n) is 21.2. The van der Waals surface area contributed by atoms with Gasteiger partial charge in [-0.3, -0.25) is 4.99 Å². The molecule has 11 rings (SSSR count). The molecular weight excluding hydrogens is 771 g/mol. The van der Waals surface area contributed by atoms with E-state index in [4.69, 9.17) is 15.1 Å². The van der Waals surface area contributed by atoms with Gasteiger partial charge in [0.1, 0.15) is 11.2 Å². The lowest BCUT2D eigenvalue weighted by atomic mass is 9.94. The zero-order valence-electron chi connectivity index (χ0n) is 34.1. The number of benzene rings is 9. The smallest absolute Gasteiger partial charge is 0.179 e. The van der Waals surface area contributed by atoms with Crippen molar-refractivity contribution in [1.29, 1.82) is 0 Å². The molecule has 0 amide bonds. The number of rotatable bonds is 10. The molecule has 0 aliphatic carbocycles. The number of para-hydroxylation sites is 1. The molecule has 0 saturated heterocycles. The fraction of sp³-hybridized carbons (Fsp3) is 0.0351. The highest BCUT2D eigenvalue weighted by molar-refractivity contribution is 7.20. The maximum absolute atomic E-state index is 6.97. The van der Waals surface area contributed by atoms with Gasteiger partial charge in [-0.15, -0.1) is 0 Å². The van der Waals surface area contributed by atoms with E-state index in [0.29, 0.717) is 0 Å². The number of hydrogen-bond acceptors (Lipinski definition) is 3. The van der Waals surface area contributed by atoms with Crippen LogP contribution in [0.5, 0.6) is 0 Å². The van der Waals surface area contributed by atoms with Crippen LogP contribution in [0, 0.1) is 0 Å². The van der Waals surface area contributed by atoms with Crippen molar-refractivity contribution in [3.63, 3.8) is 0 Å². The number of furan rings is 1. The summed E-state index contributed by atoms with van der Waals surface area (Å²) in [5, 5.41) is 9.86. The Morgan fingerprint density at radius 2 is 1.00 bits per heavy atom. The Bertz CT molecular complexity index is 3270. The second-order valence-corrected chi connectivity index (χ2v) is 19.9. The lowest BCUT2D eigenvalue weighted by Crippen LogP contribution is -2.74. The zero-order valence-corrected chi connectivity index (χ0v) is 35.1. The number of nitrogens with two attached hydrogens (primary N) is 1. The van der Waals surface area contributed by atoms with Crippen LogP contribution in [-0.2, 0) is 0 Å². The Kier molecular flexibility index (Phi) is 9.53. The van der Waals surface area contributed by atoms with Gasteiger partial charge in [0.05, 0.1) is 23.1 Å². The van der Waals surface area contributed by atoms with E-state index in [1.807, 2.05) is 36.5 Å². The molecule has 4 nitrogen and oxygen atoms in total. The topological polar surface area (TPSA) is 56.4 Å². The molecular formula is C57H43N3OSi. The molecule has 0 fully saturated rings. The maximum atomic E-state index is 6.97. The summed E-state index contributed by atoms with van der Waals surface area (Å²) in [6.45, 7) is 0. The van der Waals surface area contributed by atoms with Crippen LogP contribution in [0.15, 0.2) is 240 Å². The van der Waals surface area contributed by atoms with E-state index >= 15 is 0 Å². The lowest BCUT2D eigenvalue weighted by Gasteiger charge is -2.34. The highest BCUT2D eigenvalue weighted by Crippen LogP contribution is 2.38. The minimum Gasteiger partial charge on any atom is -0.456 e. The van der Waals surface area contributed by atoms with E-state index in [9.17, 15) is 0 Å². The molecule has 2 aromatic heterocycles. The van der Waals surface area contributed by atoms with Gasteiger partial charge in [0.15, 0.2) is 8.07 Å². The van der Waals surface area contributed by atoms with Gasteiger partial charge in [-0.05, 0) is 73.8 Å². The standard InChI is InChI=1S/C57H43N3OSi/c58-56(41-20-6-1-7-21-41)57(42-22-8-2-9-23-42)59-39-40-19-18-24-43(35-40)60-52-34-33-47(36-49(52)50-38-55-51(37-53(50)60)48-31-16-17-32-54(48)61-55)62(44-25-10-3-11-26-44,45-27-12-4-13-28-45)46-29-14-5-15-30-46/h1-39,56-57H,58H2/t56?,57-/m1/s1. The third-order valence-electron chi connectivity index (χ3n) is 12.5. The van der Waals surface area contributed by atoms with Gasteiger partial charge in [0.25, 0.3) is 0 Å². The Balaban J connectivity index is 1.13. The van der Waals surface area contributed by atoms with Crippen molar-refractivity contribution < 1.29 is 4.42 Å². The summed E-state index contributed by atoms with van der Waals surface area (Å²) in [4.78, 5) is 5.21. The van der Waals surface area contributed by atoms with Crippen LogP contribution in [0.25, 0.3) is 49.4 Å². The largest absolute Gasteiger partial charge is 0.456 e. The molecule has 9 aromatic carbocycles. The van der Waals surface area contributed by atoms with Crippen LogP contribution in [0.1, 0.15) is 28.8 Å². The number of nitrogens with zero attached hydrogens (tertiary/aromatic N) is 2. The van der Waals surface area contributed by atoms with Crippen molar-refractivity contribution in [2.24, 2.45) is 10.7 Å². The lowest BCUT2D eigenvalue weighted by molar-refractivity contribution is 0.579. The molecule has 0 bridgehead atoms. The van der Waals surface area contributed by atoms with Gasteiger partial charge in [-0.25, -0.2) is 0 Å². The summed E-state index contributed by atoms with van der Waals surface area (Å²) < 4.78 is 8.97. The monoisotopic (exact) mass is 813 g/mol. The van der Waals surface area contributed by atoms with E-state index in [0.717, 1.165) is 60.7 Å². The molecule has 62 heavy (non-hydrogen) atoms. The number of aliphatic imine (C=N–C) groups is 1. The van der Waals surface area contributed by atoms with Gasteiger partial charge in [-0.1, -0.05) is 194 Å². The molecule has 2 N–H and O–H groups in total. The van der Waals surface area contributed by atoms with Gasteiger partial charge < -0.3 is 14.7 Å². The van der Waals surface area contributed by atoms with Gasteiger partial charge >= 0.3 is 0 Å². The Morgan fingerprint density at radius 3 is 1.65 bits per heavy atom. The number of hydrogen-bond donors (Lipinski definition) is 1. The second-order valence-electron chi connectivity index (χ2n) is 16.0. The SMILES string of the molecule is NC(c1ccccc1)[C@H](N=Cc1cccc(-n2c3ccc([Si](c4ccccc4)(c4ccccc4)c4ccccc4)cc3c3cc4oc5ccccc5c4cc32)c1)c1ccccc1. The van der Waals surface area contributed by atoms with Crippen molar-refractivity contribution in [3.8, 4) is 5.69 Å². The first-order valence-corrected chi connectivity index (χ1v) is 23.2. The van der Waals surface area contributed by atoms with Gasteiger partial charge in [-0.2, -0.15) is 0 Å². The van der Waals surface area contributed by atoms with Crippen LogP contribution < -0.4 is 26.5 Å². The summed E-state index contributed by atoms with van der Waals surface area (Å²) in [6, 6.07) is 82.2. The second kappa shape index (κ2) is 15.8. The summed E-state index contributed by atoms with van der Waals surface area (Å²) >= 11 is 0. The predicted octanol–water partition coefficient (Wildman–Crippen LogP) is 10.9. The molecule has 1 unspecified atom stereocenters. The van der Waals surface area contributed by atoms with E-state index in [-0.39, 0.29) is 12.1 Å². The molecule has 0 aliphatic rings. The molecule has 2 atom stereocenters. The van der Waals surface area contributed by atoms with Crippen molar-refractivity contribution in [2.45, 2.75) is 12.1 Å². The van der Waals surface area contributed by atoms with Crippen molar-refractivity contribution in [1.82, 2.24) is 4.57 Å². The van der Waals surface area contributed by atoms with Crippen LogP contribution >= 0.6 is 0 Å². The van der Waals surface area contributed by atoms with Crippen LogP contribution in [0.2, 0.25) is 0 Å². The summed E-state index contributed by atoms with van der Waals surface area (Å²) in [5.74, 6) is 0. The Labute approximate surface area is 361 Å². The molecule has 2 heterocycles. The maximum Gasteiger partial charge on any atom is 0.179 e. The molecule has 0 spiro atoms. The van der Waals surface area contributed by atoms with Crippen LogP contribution in [0.3, 0.4) is 0 Å². The van der Waals surface area contributed by atoms with Crippen molar-refractivity contribution in [3.05, 3.63) is 247 Å². The van der Waals surface area contributed by atoms with E-state index in [2.05, 4.69) is 205 Å². The third-order valence-corrected chi connectivity index (χ3v) is 17.3. The van der Waals surface area contributed by atoms with Crippen molar-refractivity contribution in [2.75, 3.05) is 0 Å². The Morgan fingerprint density at radius 1 is 0.435 bits per heavy atom. The molecule has 11 aromatic rings. The van der Waals surface area contributed by atoms with E-state index < -0.39 is 8.07 Å². The molecule has 0 aliphatic heterocycles. The van der Waals surface area contributed by atoms with Crippen LogP contribution in [-0.4, -0.2) is 18.9 Å². The van der Waals surface area contributed by atoms with Gasteiger partial charge in [0, 0.05) is 33.4 Å². The van der Waals surface area contributed by atoms with E-state index in [1.54, 1.807) is 0 Å². The summed E-state index contributed by atoms with van der Waals surface area (Å²) in [7, 11) is -2.81. The number of aromatic nitrogens is 1. The third kappa shape index (κ3) is 6.38. The number of fused-ring (bicyclic) bond motifs is 6. The first-order chi connectivity index (χ1) is 30.7. The average molecular weight is 814 g/mol. The van der Waals surface area contributed by atoms with Crippen molar-refractivity contribution >= 4 is 78.8 Å². The Hall–Kier alpha value is -7.57. The fourth-order valence-electron chi connectivity index (χ4n) is 9.62. The molecule has 0 radical (unpaired) electrons. The predicted molar refractivity (Wildman–Crippen MR) is 262 cm³/mol. The van der Waals surface area contributed by atoms with Crippen LogP contribution in [0.4, 0.5) is 0 Å². The fourth-order valence-corrected chi connectivity index (χ4v) is 14.4. The molecule has 0 saturated carbocycles. The highest BCUT2D eigenvalue weighted by atomic mass is 28.3. The minimum atomic E-state index is -2.81. The summed E-state index contributed by atoms with van der Waals surface area (Å²) in [5.41, 5.74) is 15.1. The minimum absolute atomic E-state index is 0.264. The normalized spacial score (nSPS) is 13.0. The first kappa shape index (κ1) is 37.4. The molecule has 296 valence electrons. The molecule has 5 heteroatoms. The summed E-state index contributed by atoms with van der Waals surface area (Å²) in [6.07, 6.45) is 1.98. The zero-order chi connectivity index (χ0) is 41.5. The quantitative estimate of drug-likeness (QED) is 0.0849. The van der Waals surface area contributed by atoms with E-state index in [1.165, 1.54) is 26.1 Å². The average Bonchev–Trinajstić information content (AvgIpc) is 3.87. The highest BCUT2D eigenvalue weighted by Gasteiger charge is 2.41. The van der Waals surface area contributed by atoms with Gasteiger partial charge in [0.2, 0.25) is 0 Å².